The van der Waals surface area contributed by atoms with Gasteiger partial charge in [-0.05, 0) is 42.7 Å². The van der Waals surface area contributed by atoms with Crippen molar-refractivity contribution in [2.45, 2.75) is 25.8 Å². The minimum Gasteiger partial charge on any atom is -0.371 e. The average Bonchev–Trinajstić information content (AvgIpc) is 3.38. The molecule has 0 spiro atoms. The molecule has 0 N–H and O–H groups in total. The van der Waals surface area contributed by atoms with Crippen LogP contribution in [0, 0.1) is 5.92 Å². The highest BCUT2D eigenvalue weighted by atomic mass is 35.5. The van der Waals surface area contributed by atoms with Gasteiger partial charge < -0.3 is 14.7 Å². The highest BCUT2D eigenvalue weighted by molar-refractivity contribution is 6.31. The minimum absolute atomic E-state index is 0.0131. The average molecular weight is 412 g/mol. The maximum Gasteiger partial charge on any atom is 0.228 e. The van der Waals surface area contributed by atoms with Crippen LogP contribution >= 0.6 is 11.6 Å². The van der Waals surface area contributed by atoms with Crippen molar-refractivity contribution in [3.8, 4) is 0 Å². The number of benzene rings is 2. The maximum atomic E-state index is 13.1. The van der Waals surface area contributed by atoms with Crippen LogP contribution in [0.4, 0.5) is 11.4 Å². The van der Waals surface area contributed by atoms with Crippen LogP contribution in [0.1, 0.15) is 24.8 Å². The lowest BCUT2D eigenvalue weighted by molar-refractivity contribution is -0.135. The Morgan fingerprint density at radius 1 is 1.14 bits per heavy atom. The first-order valence-electron chi connectivity index (χ1n) is 10.2. The normalized spacial score (nSPS) is 19.1. The summed E-state index contributed by atoms with van der Waals surface area (Å²) in [6.07, 6.45) is 2.67. The molecule has 2 fully saturated rings. The Balaban J connectivity index is 1.44. The number of carbonyl (C=O) groups is 2. The summed E-state index contributed by atoms with van der Waals surface area (Å²) in [4.78, 5) is 31.4. The number of para-hydroxylation sites is 1. The first kappa shape index (κ1) is 19.8. The van der Waals surface area contributed by atoms with Crippen LogP contribution in [-0.2, 0) is 16.1 Å². The standard InChI is InChI=1S/C23H26ClN3O2/c1-25(15-17-7-2-3-10-21(17)26-11-4-5-12-26)23(29)18-13-22(28)27(16-18)20-9-6-8-19(24)14-20/h2-3,6-10,14,18H,4-5,11-13,15-16H2,1H3. The van der Waals surface area contributed by atoms with Gasteiger partial charge in [-0.2, -0.15) is 0 Å². The van der Waals surface area contributed by atoms with Gasteiger partial charge in [0.25, 0.3) is 0 Å². The summed E-state index contributed by atoms with van der Waals surface area (Å²) in [7, 11) is 1.83. The van der Waals surface area contributed by atoms with Crippen LogP contribution in [0.5, 0.6) is 0 Å². The van der Waals surface area contributed by atoms with E-state index in [0.29, 0.717) is 18.1 Å². The largest absolute Gasteiger partial charge is 0.371 e. The fraction of sp³-hybridized carbons (Fsp3) is 0.391. The lowest BCUT2D eigenvalue weighted by atomic mass is 10.1. The van der Waals surface area contributed by atoms with E-state index in [-0.39, 0.29) is 24.2 Å². The molecule has 2 aromatic rings. The van der Waals surface area contributed by atoms with Crippen molar-refractivity contribution in [3.05, 3.63) is 59.1 Å². The van der Waals surface area contributed by atoms with Crippen molar-refractivity contribution in [1.82, 2.24) is 4.90 Å². The third-order valence-corrected chi connectivity index (χ3v) is 6.05. The molecule has 6 heteroatoms. The van der Waals surface area contributed by atoms with Crippen LogP contribution in [0.15, 0.2) is 48.5 Å². The van der Waals surface area contributed by atoms with Gasteiger partial charge in [0, 0.05) is 56.0 Å². The highest BCUT2D eigenvalue weighted by Gasteiger charge is 2.36. The van der Waals surface area contributed by atoms with Gasteiger partial charge in [0.05, 0.1) is 5.92 Å². The lowest BCUT2D eigenvalue weighted by Crippen LogP contribution is -2.34. The van der Waals surface area contributed by atoms with Gasteiger partial charge in [-0.3, -0.25) is 9.59 Å². The zero-order chi connectivity index (χ0) is 20.4. The minimum atomic E-state index is -0.328. The quantitative estimate of drug-likeness (QED) is 0.748. The fourth-order valence-electron chi connectivity index (χ4n) is 4.32. The molecule has 0 aromatic heterocycles. The molecule has 29 heavy (non-hydrogen) atoms. The Kier molecular flexibility index (Phi) is 5.76. The maximum absolute atomic E-state index is 13.1. The van der Waals surface area contributed by atoms with E-state index >= 15 is 0 Å². The molecule has 2 aliphatic heterocycles. The Bertz CT molecular complexity index is 911. The zero-order valence-corrected chi connectivity index (χ0v) is 17.4. The first-order valence-corrected chi connectivity index (χ1v) is 10.5. The summed E-state index contributed by atoms with van der Waals surface area (Å²) < 4.78 is 0. The Morgan fingerprint density at radius 3 is 2.66 bits per heavy atom. The number of rotatable bonds is 5. The van der Waals surface area contributed by atoms with Gasteiger partial charge >= 0.3 is 0 Å². The van der Waals surface area contributed by atoms with Crippen LogP contribution < -0.4 is 9.80 Å². The molecule has 2 saturated heterocycles. The Labute approximate surface area is 176 Å². The molecule has 4 rings (SSSR count). The van der Waals surface area contributed by atoms with Crippen molar-refractivity contribution < 1.29 is 9.59 Å². The Morgan fingerprint density at radius 2 is 1.90 bits per heavy atom. The van der Waals surface area contributed by atoms with Crippen LogP contribution in [-0.4, -0.2) is 43.4 Å². The number of nitrogens with zero attached hydrogens (tertiary/aromatic N) is 3. The summed E-state index contributed by atoms with van der Waals surface area (Å²) in [5.74, 6) is -0.346. The number of anilines is 2. The van der Waals surface area contributed by atoms with Crippen LogP contribution in [0.25, 0.3) is 0 Å². The fourth-order valence-corrected chi connectivity index (χ4v) is 4.51. The third-order valence-electron chi connectivity index (χ3n) is 5.82. The summed E-state index contributed by atoms with van der Waals surface area (Å²) in [6.45, 7) is 3.09. The van der Waals surface area contributed by atoms with E-state index in [1.165, 1.54) is 18.5 Å². The summed E-state index contributed by atoms with van der Waals surface area (Å²) in [5.41, 5.74) is 3.12. The van der Waals surface area contributed by atoms with Gasteiger partial charge in [-0.15, -0.1) is 0 Å². The second kappa shape index (κ2) is 8.46. The van der Waals surface area contributed by atoms with E-state index in [1.807, 2.05) is 25.2 Å². The van der Waals surface area contributed by atoms with Crippen molar-refractivity contribution in [2.24, 2.45) is 5.92 Å². The number of hydrogen-bond donors (Lipinski definition) is 0. The molecule has 1 atom stereocenters. The third kappa shape index (κ3) is 4.25. The molecule has 2 heterocycles. The van der Waals surface area contributed by atoms with Gasteiger partial charge in [0.2, 0.25) is 11.8 Å². The SMILES string of the molecule is CN(Cc1ccccc1N1CCCC1)C(=O)C1CC(=O)N(c2cccc(Cl)c2)C1. The molecule has 1 unspecified atom stereocenters. The number of carbonyl (C=O) groups excluding carboxylic acids is 2. The Hall–Kier alpha value is -2.53. The number of halogens is 1. The smallest absolute Gasteiger partial charge is 0.228 e. The molecule has 0 radical (unpaired) electrons. The van der Waals surface area contributed by atoms with Crippen molar-refractivity contribution in [2.75, 3.05) is 36.5 Å². The second-order valence-corrected chi connectivity index (χ2v) is 8.34. The molecule has 0 bridgehead atoms. The monoisotopic (exact) mass is 411 g/mol. The lowest BCUT2D eigenvalue weighted by Gasteiger charge is -2.26. The van der Waals surface area contributed by atoms with E-state index in [9.17, 15) is 9.59 Å². The van der Waals surface area contributed by atoms with E-state index < -0.39 is 0 Å². The molecule has 2 aliphatic rings. The molecular formula is C23H26ClN3O2. The van der Waals surface area contributed by atoms with Crippen LogP contribution in [0.3, 0.4) is 0 Å². The van der Waals surface area contributed by atoms with Gasteiger partial charge in [-0.25, -0.2) is 0 Å². The molecule has 2 aromatic carbocycles. The highest BCUT2D eigenvalue weighted by Crippen LogP contribution is 2.29. The molecular weight excluding hydrogens is 386 g/mol. The molecule has 5 nitrogen and oxygen atoms in total. The molecule has 0 aliphatic carbocycles. The topological polar surface area (TPSA) is 43.9 Å². The predicted molar refractivity (Wildman–Crippen MR) is 116 cm³/mol. The van der Waals surface area contributed by atoms with E-state index in [2.05, 4.69) is 23.1 Å². The van der Waals surface area contributed by atoms with E-state index in [1.54, 1.807) is 21.9 Å². The van der Waals surface area contributed by atoms with Gasteiger partial charge in [-0.1, -0.05) is 35.9 Å². The molecule has 0 saturated carbocycles. The summed E-state index contributed by atoms with van der Waals surface area (Å²) >= 11 is 6.06. The van der Waals surface area contributed by atoms with Crippen molar-refractivity contribution in [1.29, 1.82) is 0 Å². The zero-order valence-electron chi connectivity index (χ0n) is 16.7. The van der Waals surface area contributed by atoms with E-state index in [4.69, 9.17) is 11.6 Å². The van der Waals surface area contributed by atoms with Gasteiger partial charge in [0.15, 0.2) is 0 Å². The molecule has 152 valence electrons. The van der Waals surface area contributed by atoms with Crippen molar-refractivity contribution in [3.63, 3.8) is 0 Å². The summed E-state index contributed by atoms with van der Waals surface area (Å²) in [5, 5.41) is 0.584. The predicted octanol–water partition coefficient (Wildman–Crippen LogP) is 3.95. The summed E-state index contributed by atoms with van der Waals surface area (Å²) in [6, 6.07) is 15.5. The first-order chi connectivity index (χ1) is 14.0. The van der Waals surface area contributed by atoms with Crippen LogP contribution in [0.2, 0.25) is 5.02 Å². The van der Waals surface area contributed by atoms with Gasteiger partial charge in [0.1, 0.15) is 0 Å². The second-order valence-electron chi connectivity index (χ2n) is 7.90. The number of hydrogen-bond acceptors (Lipinski definition) is 3. The van der Waals surface area contributed by atoms with E-state index in [0.717, 1.165) is 24.3 Å². The van der Waals surface area contributed by atoms with Crippen molar-refractivity contribution >= 4 is 34.8 Å². The number of amides is 2. The molecule has 2 amide bonds.